The number of carboxylic acid groups (broad SMARTS) is 1. The maximum Gasteiger partial charge on any atom is 0.335 e. The molecule has 0 radical (unpaired) electrons. The Balaban J connectivity index is 0.000001000. The first-order chi connectivity index (χ1) is 4.70. The molecule has 0 spiro atoms. The molecule has 0 unspecified atom stereocenters. The van der Waals surface area contributed by atoms with E-state index in [2.05, 4.69) is 0 Å². The molecule has 0 saturated carbocycles. The average molecular weight is 249 g/mol. The van der Waals surface area contributed by atoms with Gasteiger partial charge in [-0.25, -0.2) is 4.79 Å². The Morgan fingerprint density at radius 2 is 1.73 bits per heavy atom. The summed E-state index contributed by atoms with van der Waals surface area (Å²) in [4.78, 5) is 10.3. The molecular formula is C8H8CdO2. The first kappa shape index (κ1) is 10.6. The molecule has 3 heteroatoms. The number of benzene rings is 1. The van der Waals surface area contributed by atoms with Gasteiger partial charge in [-0.2, -0.15) is 0 Å². The predicted molar refractivity (Wildman–Crippen MR) is 38.1 cm³/mol. The molecule has 54 valence electrons. The molecule has 0 amide bonds. The summed E-state index contributed by atoms with van der Waals surface area (Å²) in [6, 6.07) is 6.75. The van der Waals surface area contributed by atoms with Crippen LogP contribution in [0.5, 0.6) is 0 Å². The van der Waals surface area contributed by atoms with E-state index < -0.39 is 5.97 Å². The normalized spacial score (nSPS) is 8.45. The van der Waals surface area contributed by atoms with Gasteiger partial charge in [-0.15, -0.1) is 0 Å². The molecule has 2 nitrogen and oxygen atoms in total. The first-order valence-corrected chi connectivity index (χ1v) is 3.00. The molecule has 1 aromatic carbocycles. The number of rotatable bonds is 1. The van der Waals surface area contributed by atoms with Crippen LogP contribution in [0.25, 0.3) is 0 Å². The summed E-state index contributed by atoms with van der Waals surface area (Å²) in [5.74, 6) is -0.875. The number of aryl methyl sites for hydroxylation is 1. The molecule has 1 rings (SSSR count). The Bertz CT molecular complexity index is 241. The third-order valence-electron chi connectivity index (χ3n) is 1.30. The predicted octanol–water partition coefficient (Wildman–Crippen LogP) is 1.69. The van der Waals surface area contributed by atoms with E-state index in [1.165, 1.54) is 0 Å². The zero-order valence-electron chi connectivity index (χ0n) is 6.37. The second-order valence-corrected chi connectivity index (χ2v) is 2.17. The van der Waals surface area contributed by atoms with Gasteiger partial charge in [0.15, 0.2) is 0 Å². The van der Waals surface area contributed by atoms with Crippen molar-refractivity contribution in [3.8, 4) is 0 Å². The fourth-order valence-corrected chi connectivity index (χ4v) is 0.696. The summed E-state index contributed by atoms with van der Waals surface area (Å²) in [5, 5.41) is 8.48. The van der Waals surface area contributed by atoms with Crippen LogP contribution in [0.15, 0.2) is 24.3 Å². The van der Waals surface area contributed by atoms with Crippen LogP contribution >= 0.6 is 0 Å². The number of aromatic carboxylic acids is 1. The summed E-state index contributed by atoms with van der Waals surface area (Å²) in [5.41, 5.74) is 1.41. The van der Waals surface area contributed by atoms with Crippen LogP contribution < -0.4 is 0 Å². The van der Waals surface area contributed by atoms with Gasteiger partial charge in [-0.05, 0) is 19.1 Å². The molecule has 1 N–H and O–H groups in total. The van der Waals surface area contributed by atoms with Crippen molar-refractivity contribution in [1.29, 1.82) is 0 Å². The van der Waals surface area contributed by atoms with E-state index in [9.17, 15) is 4.79 Å². The zero-order chi connectivity index (χ0) is 7.56. The minimum atomic E-state index is -0.875. The van der Waals surface area contributed by atoms with Gasteiger partial charge in [0.2, 0.25) is 0 Å². The van der Waals surface area contributed by atoms with E-state index in [-0.39, 0.29) is 27.3 Å². The van der Waals surface area contributed by atoms with Crippen LogP contribution in [0.3, 0.4) is 0 Å². The Morgan fingerprint density at radius 3 is 2.09 bits per heavy atom. The van der Waals surface area contributed by atoms with Crippen molar-refractivity contribution in [2.75, 3.05) is 0 Å². The molecule has 11 heavy (non-hydrogen) atoms. The molecule has 0 fully saturated rings. The fraction of sp³-hybridized carbons (Fsp3) is 0.125. The van der Waals surface area contributed by atoms with E-state index in [1.54, 1.807) is 24.3 Å². The Morgan fingerprint density at radius 1 is 1.27 bits per heavy atom. The SMILES string of the molecule is Cc1ccc(C(=O)O)cc1.[Cd]. The average Bonchev–Trinajstić information content (AvgIpc) is 1.88. The van der Waals surface area contributed by atoms with Crippen molar-refractivity contribution in [2.45, 2.75) is 6.92 Å². The van der Waals surface area contributed by atoms with E-state index in [0.717, 1.165) is 5.56 Å². The number of hydrogen-bond donors (Lipinski definition) is 1. The summed E-state index contributed by atoms with van der Waals surface area (Å²) in [6.45, 7) is 1.92. The molecule has 1 aromatic rings. The van der Waals surface area contributed by atoms with E-state index in [0.29, 0.717) is 5.56 Å². The second kappa shape index (κ2) is 4.48. The van der Waals surface area contributed by atoms with Gasteiger partial charge < -0.3 is 5.11 Å². The van der Waals surface area contributed by atoms with Crippen molar-refractivity contribution < 1.29 is 37.2 Å². The Labute approximate surface area is 85.4 Å². The fourth-order valence-electron chi connectivity index (χ4n) is 0.696. The maximum absolute atomic E-state index is 10.3. The van der Waals surface area contributed by atoms with Crippen LogP contribution in [-0.2, 0) is 27.3 Å². The summed E-state index contributed by atoms with van der Waals surface area (Å²) >= 11 is 0. The molecular weight excluding hydrogens is 240 g/mol. The van der Waals surface area contributed by atoms with Crippen molar-refractivity contribution in [3.05, 3.63) is 35.4 Å². The summed E-state index contributed by atoms with van der Waals surface area (Å²) in [7, 11) is 0. The molecule has 0 saturated heterocycles. The van der Waals surface area contributed by atoms with Gasteiger partial charge in [-0.3, -0.25) is 0 Å². The van der Waals surface area contributed by atoms with Gasteiger partial charge in [0, 0.05) is 27.3 Å². The van der Waals surface area contributed by atoms with Crippen LogP contribution in [-0.4, -0.2) is 11.1 Å². The minimum absolute atomic E-state index is 0. The molecule has 0 bridgehead atoms. The minimum Gasteiger partial charge on any atom is -0.478 e. The van der Waals surface area contributed by atoms with Crippen molar-refractivity contribution in [3.63, 3.8) is 0 Å². The topological polar surface area (TPSA) is 37.3 Å². The third kappa shape index (κ3) is 3.01. The number of hydrogen-bond acceptors (Lipinski definition) is 1. The molecule has 0 aliphatic carbocycles. The van der Waals surface area contributed by atoms with Gasteiger partial charge in [0.1, 0.15) is 0 Å². The molecule has 0 atom stereocenters. The quantitative estimate of drug-likeness (QED) is 0.768. The van der Waals surface area contributed by atoms with Crippen molar-refractivity contribution in [1.82, 2.24) is 0 Å². The summed E-state index contributed by atoms with van der Waals surface area (Å²) < 4.78 is 0. The van der Waals surface area contributed by atoms with Gasteiger partial charge in [-0.1, -0.05) is 17.7 Å². The molecule has 0 heterocycles. The largest absolute Gasteiger partial charge is 0.478 e. The standard InChI is InChI=1S/C8H8O2.Cd/c1-6-2-4-7(5-3-6)8(9)10;/h2-5H,1H3,(H,9,10);. The first-order valence-electron chi connectivity index (χ1n) is 3.00. The number of carbonyl (C=O) groups is 1. The van der Waals surface area contributed by atoms with Crippen LogP contribution in [0.1, 0.15) is 15.9 Å². The van der Waals surface area contributed by atoms with Gasteiger partial charge in [0.25, 0.3) is 0 Å². The Kier molecular flexibility index (Phi) is 4.32. The van der Waals surface area contributed by atoms with Crippen LogP contribution in [0.2, 0.25) is 0 Å². The second-order valence-electron chi connectivity index (χ2n) is 2.17. The maximum atomic E-state index is 10.3. The van der Waals surface area contributed by atoms with E-state index >= 15 is 0 Å². The third-order valence-corrected chi connectivity index (χ3v) is 1.30. The van der Waals surface area contributed by atoms with Crippen LogP contribution in [0, 0.1) is 6.92 Å². The molecule has 0 aromatic heterocycles. The Hall–Kier alpha value is -0.388. The van der Waals surface area contributed by atoms with Gasteiger partial charge in [0.05, 0.1) is 5.56 Å². The summed E-state index contributed by atoms with van der Waals surface area (Å²) in [6.07, 6.45) is 0. The van der Waals surface area contributed by atoms with Crippen molar-refractivity contribution >= 4 is 5.97 Å². The van der Waals surface area contributed by atoms with Crippen LogP contribution in [0.4, 0.5) is 0 Å². The smallest absolute Gasteiger partial charge is 0.335 e. The molecule has 0 aliphatic heterocycles. The van der Waals surface area contributed by atoms with E-state index in [1.807, 2.05) is 6.92 Å². The monoisotopic (exact) mass is 250 g/mol. The molecule has 0 aliphatic rings. The zero-order valence-corrected chi connectivity index (χ0v) is 10.4. The number of carboxylic acids is 1. The van der Waals surface area contributed by atoms with E-state index in [4.69, 9.17) is 5.11 Å². The van der Waals surface area contributed by atoms with Crippen molar-refractivity contribution in [2.24, 2.45) is 0 Å². The van der Waals surface area contributed by atoms with Gasteiger partial charge >= 0.3 is 5.97 Å².